The lowest BCUT2D eigenvalue weighted by molar-refractivity contribution is -0.116. The van der Waals surface area contributed by atoms with E-state index in [0.717, 1.165) is 11.8 Å². The molecule has 3 rings (SSSR count). The topological polar surface area (TPSA) is 0 Å². The van der Waals surface area contributed by atoms with Crippen LogP contribution in [0.4, 0.5) is 0 Å². The first-order valence-corrected chi connectivity index (χ1v) is 7.89. The first-order chi connectivity index (χ1) is 7.89. The van der Waals surface area contributed by atoms with E-state index in [0.29, 0.717) is 16.2 Å². The van der Waals surface area contributed by atoms with Crippen LogP contribution >= 0.6 is 0 Å². The van der Waals surface area contributed by atoms with Crippen LogP contribution in [0.25, 0.3) is 0 Å². The van der Waals surface area contributed by atoms with E-state index < -0.39 is 0 Å². The maximum atomic E-state index is 2.66. The molecule has 4 atom stereocenters. The van der Waals surface area contributed by atoms with E-state index in [1.54, 1.807) is 0 Å². The molecular formula is C17H30. The van der Waals surface area contributed by atoms with Gasteiger partial charge in [0, 0.05) is 0 Å². The van der Waals surface area contributed by atoms with Gasteiger partial charge < -0.3 is 0 Å². The van der Waals surface area contributed by atoms with Gasteiger partial charge in [-0.05, 0) is 66.6 Å². The van der Waals surface area contributed by atoms with Gasteiger partial charge in [0.05, 0.1) is 0 Å². The van der Waals surface area contributed by atoms with Crippen LogP contribution < -0.4 is 0 Å². The van der Waals surface area contributed by atoms with E-state index in [2.05, 4.69) is 27.7 Å². The van der Waals surface area contributed by atoms with Crippen molar-refractivity contribution in [3.05, 3.63) is 0 Å². The van der Waals surface area contributed by atoms with Crippen LogP contribution in [0.2, 0.25) is 0 Å². The van der Waals surface area contributed by atoms with E-state index in [9.17, 15) is 0 Å². The van der Waals surface area contributed by atoms with Gasteiger partial charge in [-0.1, -0.05) is 40.5 Å². The fourth-order valence-electron chi connectivity index (χ4n) is 6.44. The van der Waals surface area contributed by atoms with E-state index in [1.165, 1.54) is 51.4 Å². The van der Waals surface area contributed by atoms with Crippen LogP contribution in [0, 0.1) is 28.1 Å². The summed E-state index contributed by atoms with van der Waals surface area (Å²) < 4.78 is 0. The van der Waals surface area contributed by atoms with E-state index in [1.807, 2.05) is 0 Å². The Labute approximate surface area is 108 Å². The first-order valence-electron chi connectivity index (χ1n) is 7.89. The molecule has 0 aromatic rings. The molecule has 0 saturated heterocycles. The molecule has 0 aromatic heterocycles. The predicted octanol–water partition coefficient (Wildman–Crippen LogP) is 5.42. The minimum absolute atomic E-state index is 0.608. The highest BCUT2D eigenvalue weighted by Crippen LogP contribution is 2.68. The van der Waals surface area contributed by atoms with Crippen LogP contribution in [0.1, 0.15) is 79.1 Å². The number of hydrogen-bond acceptors (Lipinski definition) is 0. The molecule has 0 nitrogen and oxygen atoms in total. The molecule has 3 fully saturated rings. The Bertz CT molecular complexity index is 312. The monoisotopic (exact) mass is 234 g/mol. The van der Waals surface area contributed by atoms with Gasteiger partial charge in [0.1, 0.15) is 0 Å². The smallest absolute Gasteiger partial charge is 0.0259 e. The third kappa shape index (κ3) is 1.55. The highest BCUT2D eigenvalue weighted by atomic mass is 14.6. The van der Waals surface area contributed by atoms with Gasteiger partial charge in [0.25, 0.3) is 0 Å². The molecule has 98 valence electrons. The van der Waals surface area contributed by atoms with E-state index in [-0.39, 0.29) is 0 Å². The van der Waals surface area contributed by atoms with Crippen molar-refractivity contribution in [2.45, 2.75) is 79.1 Å². The minimum Gasteiger partial charge on any atom is -0.0596 e. The lowest BCUT2D eigenvalue weighted by atomic mass is 9.44. The molecule has 17 heavy (non-hydrogen) atoms. The van der Waals surface area contributed by atoms with Crippen LogP contribution in [0.5, 0.6) is 0 Å². The Morgan fingerprint density at radius 3 is 2.24 bits per heavy atom. The summed E-state index contributed by atoms with van der Waals surface area (Å²) in [7, 11) is 0. The van der Waals surface area contributed by atoms with Gasteiger partial charge in [0.15, 0.2) is 0 Å². The highest BCUT2D eigenvalue weighted by Gasteiger charge is 2.59. The van der Waals surface area contributed by atoms with Crippen molar-refractivity contribution in [3.8, 4) is 0 Å². The molecule has 0 unspecified atom stereocenters. The van der Waals surface area contributed by atoms with Crippen LogP contribution in [-0.4, -0.2) is 0 Å². The second-order valence-electron chi connectivity index (χ2n) is 8.54. The average Bonchev–Trinajstić information content (AvgIpc) is 2.60. The first kappa shape index (κ1) is 12.1. The van der Waals surface area contributed by atoms with Crippen molar-refractivity contribution >= 4 is 0 Å². The van der Waals surface area contributed by atoms with Gasteiger partial charge >= 0.3 is 0 Å². The molecular weight excluding hydrogens is 204 g/mol. The lowest BCUT2D eigenvalue weighted by Crippen LogP contribution is -2.53. The minimum atomic E-state index is 0.608. The number of fused-ring (bicyclic) bond motifs is 3. The zero-order valence-electron chi connectivity index (χ0n) is 12.3. The number of rotatable bonds is 0. The van der Waals surface area contributed by atoms with Gasteiger partial charge in [-0.2, -0.15) is 0 Å². The van der Waals surface area contributed by atoms with Crippen molar-refractivity contribution in [1.29, 1.82) is 0 Å². The summed E-state index contributed by atoms with van der Waals surface area (Å²) in [5.74, 6) is 2.04. The molecule has 0 N–H and O–H groups in total. The van der Waals surface area contributed by atoms with Crippen molar-refractivity contribution < 1.29 is 0 Å². The quantitative estimate of drug-likeness (QED) is 0.525. The van der Waals surface area contributed by atoms with Gasteiger partial charge in [-0.3, -0.25) is 0 Å². The fraction of sp³-hybridized carbons (Fsp3) is 1.00. The molecule has 0 amide bonds. The summed E-state index contributed by atoms with van der Waals surface area (Å²) in [5.41, 5.74) is 1.99. The molecule has 0 aromatic carbocycles. The van der Waals surface area contributed by atoms with Gasteiger partial charge in [-0.25, -0.2) is 0 Å². The summed E-state index contributed by atoms with van der Waals surface area (Å²) in [6.07, 6.45) is 12.0. The summed E-state index contributed by atoms with van der Waals surface area (Å²) in [6, 6.07) is 0. The maximum absolute atomic E-state index is 2.66. The van der Waals surface area contributed by atoms with Crippen LogP contribution in [0.15, 0.2) is 0 Å². The van der Waals surface area contributed by atoms with E-state index >= 15 is 0 Å². The Balaban J connectivity index is 1.98. The molecule has 0 heterocycles. The van der Waals surface area contributed by atoms with Gasteiger partial charge in [-0.15, -0.1) is 0 Å². The van der Waals surface area contributed by atoms with Crippen molar-refractivity contribution in [2.24, 2.45) is 28.1 Å². The summed E-state index contributed by atoms with van der Waals surface area (Å²) in [6.45, 7) is 10.4. The third-order valence-electron chi connectivity index (χ3n) is 7.16. The second-order valence-corrected chi connectivity index (χ2v) is 8.54. The summed E-state index contributed by atoms with van der Waals surface area (Å²) in [4.78, 5) is 0. The van der Waals surface area contributed by atoms with Crippen LogP contribution in [0.3, 0.4) is 0 Å². The predicted molar refractivity (Wildman–Crippen MR) is 73.9 cm³/mol. The molecule has 0 bridgehead atoms. The Morgan fingerprint density at radius 2 is 1.47 bits per heavy atom. The molecule has 0 spiro atoms. The molecule has 3 saturated carbocycles. The van der Waals surface area contributed by atoms with Crippen molar-refractivity contribution in [1.82, 2.24) is 0 Å². The molecule has 3 aliphatic rings. The molecule has 0 aliphatic heterocycles. The molecule has 0 radical (unpaired) electrons. The zero-order valence-corrected chi connectivity index (χ0v) is 12.3. The zero-order chi connectivity index (χ0) is 12.3. The second kappa shape index (κ2) is 3.52. The summed E-state index contributed by atoms with van der Waals surface area (Å²) in [5, 5.41) is 0. The Hall–Kier alpha value is 0. The van der Waals surface area contributed by atoms with Gasteiger partial charge in [0.2, 0.25) is 0 Å². The standard InChI is InChI=1S/C17H30/c1-15(2)9-6-11-17(4)13(15)8-12-16(3)10-5-7-14(16)17/h13-14H,5-12H2,1-4H3/t13-,14+,16-,17-/m0/s1. The highest BCUT2D eigenvalue weighted by molar-refractivity contribution is 5.08. The molecule has 0 heteroatoms. The largest absolute Gasteiger partial charge is 0.0596 e. The van der Waals surface area contributed by atoms with Crippen LogP contribution in [-0.2, 0) is 0 Å². The maximum Gasteiger partial charge on any atom is -0.0259 e. The average molecular weight is 234 g/mol. The third-order valence-corrected chi connectivity index (χ3v) is 7.16. The summed E-state index contributed by atoms with van der Waals surface area (Å²) >= 11 is 0. The Morgan fingerprint density at radius 1 is 0.706 bits per heavy atom. The normalized spacial score (nSPS) is 52.9. The SMILES string of the molecule is CC1(C)CCC[C@]2(C)[C@@H]3CCC[C@@]3(C)CC[C@@H]12. The number of hydrogen-bond donors (Lipinski definition) is 0. The van der Waals surface area contributed by atoms with Crippen molar-refractivity contribution in [2.75, 3.05) is 0 Å². The molecule has 3 aliphatic carbocycles. The fourth-order valence-corrected chi connectivity index (χ4v) is 6.44. The lowest BCUT2D eigenvalue weighted by Gasteiger charge is -2.61. The Kier molecular flexibility index (Phi) is 2.49. The van der Waals surface area contributed by atoms with E-state index in [4.69, 9.17) is 0 Å². The van der Waals surface area contributed by atoms with Crippen molar-refractivity contribution in [3.63, 3.8) is 0 Å².